The second-order valence-corrected chi connectivity index (χ2v) is 6.58. The summed E-state index contributed by atoms with van der Waals surface area (Å²) in [5.74, 6) is 0.935. The molecule has 0 fully saturated rings. The second-order valence-electron chi connectivity index (χ2n) is 5.26. The molecule has 0 spiro atoms. The van der Waals surface area contributed by atoms with Crippen LogP contribution in [0.25, 0.3) is 0 Å². The summed E-state index contributed by atoms with van der Waals surface area (Å²) in [5.41, 5.74) is 8.71. The average molecular weight is 289 g/mol. The molecule has 0 radical (unpaired) electrons. The molecule has 0 saturated carbocycles. The van der Waals surface area contributed by atoms with Crippen molar-refractivity contribution in [2.75, 3.05) is 0 Å². The van der Waals surface area contributed by atoms with Gasteiger partial charge < -0.3 is 10.5 Å². The molecule has 0 aliphatic carbocycles. The number of aryl methyl sites for hydroxylation is 2. The molecule has 2 N–H and O–H groups in total. The van der Waals surface area contributed by atoms with Crippen LogP contribution in [0.5, 0.6) is 5.75 Å². The largest absolute Gasteiger partial charge is 0.483 e. The van der Waals surface area contributed by atoms with Crippen molar-refractivity contribution in [3.8, 4) is 5.75 Å². The Labute approximate surface area is 125 Å². The summed E-state index contributed by atoms with van der Waals surface area (Å²) >= 11 is 1.76. The van der Waals surface area contributed by atoms with Crippen LogP contribution in [0.3, 0.4) is 0 Å². The predicted octanol–water partition coefficient (Wildman–Crippen LogP) is 4.53. The molecule has 0 aliphatic rings. The third-order valence-corrected chi connectivity index (χ3v) is 4.77. The Morgan fingerprint density at radius 2 is 1.90 bits per heavy atom. The molecule has 1 aromatic heterocycles. The first-order valence-corrected chi connectivity index (χ1v) is 7.89. The summed E-state index contributed by atoms with van der Waals surface area (Å²) in [4.78, 5) is 2.50. The minimum absolute atomic E-state index is 0.00737. The molecular weight excluding hydrogens is 266 g/mol. The van der Waals surface area contributed by atoms with E-state index >= 15 is 0 Å². The van der Waals surface area contributed by atoms with Crippen LogP contribution in [0.15, 0.2) is 30.3 Å². The van der Waals surface area contributed by atoms with E-state index in [0.717, 1.165) is 12.2 Å². The van der Waals surface area contributed by atoms with E-state index in [1.807, 2.05) is 12.1 Å². The maximum atomic E-state index is 6.28. The molecule has 2 unspecified atom stereocenters. The molecule has 0 amide bonds. The maximum Gasteiger partial charge on any atom is 0.148 e. The Morgan fingerprint density at radius 1 is 1.15 bits per heavy atom. The number of benzene rings is 1. The molecule has 3 heteroatoms. The molecule has 108 valence electrons. The average Bonchev–Trinajstić information content (AvgIpc) is 2.86. The van der Waals surface area contributed by atoms with Crippen molar-refractivity contribution in [1.29, 1.82) is 0 Å². The van der Waals surface area contributed by atoms with Crippen molar-refractivity contribution in [3.05, 3.63) is 51.2 Å². The third kappa shape index (κ3) is 3.22. The molecule has 2 nitrogen and oxygen atoms in total. The first-order valence-electron chi connectivity index (χ1n) is 7.07. The van der Waals surface area contributed by atoms with Gasteiger partial charge in [-0.05, 0) is 56.5 Å². The summed E-state index contributed by atoms with van der Waals surface area (Å²) < 4.78 is 6.26. The zero-order chi connectivity index (χ0) is 14.7. The van der Waals surface area contributed by atoms with Crippen LogP contribution >= 0.6 is 11.3 Å². The third-order valence-electron chi connectivity index (χ3n) is 3.71. The SMILES string of the molecule is CCC(N)C(Oc1cccc(C)c1C)c1ccc(C)s1. The fourth-order valence-electron chi connectivity index (χ4n) is 2.17. The first kappa shape index (κ1) is 15.1. The van der Waals surface area contributed by atoms with Crippen molar-refractivity contribution in [3.63, 3.8) is 0 Å². The van der Waals surface area contributed by atoms with Crippen LogP contribution in [-0.2, 0) is 0 Å². The number of ether oxygens (including phenoxy) is 1. The molecule has 2 atom stereocenters. The topological polar surface area (TPSA) is 35.2 Å². The fourth-order valence-corrected chi connectivity index (χ4v) is 3.15. The molecule has 0 aliphatic heterocycles. The molecule has 20 heavy (non-hydrogen) atoms. The normalized spacial score (nSPS) is 14.1. The zero-order valence-electron chi connectivity index (χ0n) is 12.6. The lowest BCUT2D eigenvalue weighted by atomic mass is 10.1. The van der Waals surface area contributed by atoms with Gasteiger partial charge in [0.1, 0.15) is 11.9 Å². The molecular formula is C17H23NOS. The quantitative estimate of drug-likeness (QED) is 0.877. The molecule has 1 heterocycles. The van der Waals surface area contributed by atoms with E-state index in [1.54, 1.807) is 11.3 Å². The Morgan fingerprint density at radius 3 is 2.50 bits per heavy atom. The molecule has 0 bridgehead atoms. The van der Waals surface area contributed by atoms with Gasteiger partial charge in [0.05, 0.1) is 0 Å². The minimum Gasteiger partial charge on any atom is -0.483 e. The van der Waals surface area contributed by atoms with E-state index in [1.165, 1.54) is 20.9 Å². The number of rotatable bonds is 5. The van der Waals surface area contributed by atoms with Crippen LogP contribution in [0.1, 0.15) is 40.3 Å². The highest BCUT2D eigenvalue weighted by Crippen LogP contribution is 2.32. The Kier molecular flexibility index (Phi) is 4.84. The standard InChI is InChI=1S/C17H23NOS/c1-5-14(18)17(16-10-9-12(3)20-16)19-15-8-6-7-11(2)13(15)4/h6-10,14,17H,5,18H2,1-4H3. The van der Waals surface area contributed by atoms with Gasteiger partial charge >= 0.3 is 0 Å². The van der Waals surface area contributed by atoms with E-state index < -0.39 is 0 Å². The van der Waals surface area contributed by atoms with Gasteiger partial charge in [0.2, 0.25) is 0 Å². The van der Waals surface area contributed by atoms with Crippen molar-refractivity contribution < 1.29 is 4.74 Å². The summed E-state index contributed by atoms with van der Waals surface area (Å²) in [6, 6.07) is 10.4. The maximum absolute atomic E-state index is 6.28. The number of hydrogen-bond donors (Lipinski definition) is 1. The molecule has 1 aromatic carbocycles. The van der Waals surface area contributed by atoms with Gasteiger partial charge in [-0.3, -0.25) is 0 Å². The van der Waals surface area contributed by atoms with E-state index in [4.69, 9.17) is 10.5 Å². The zero-order valence-corrected chi connectivity index (χ0v) is 13.5. The summed E-state index contributed by atoms with van der Waals surface area (Å²) in [6.07, 6.45) is 0.825. The summed E-state index contributed by atoms with van der Waals surface area (Å²) in [5, 5.41) is 0. The van der Waals surface area contributed by atoms with Crippen LogP contribution in [-0.4, -0.2) is 6.04 Å². The fraction of sp³-hybridized carbons (Fsp3) is 0.412. The highest BCUT2D eigenvalue weighted by atomic mass is 32.1. The Balaban J connectivity index is 2.31. The van der Waals surface area contributed by atoms with Crippen molar-refractivity contribution in [1.82, 2.24) is 0 Å². The van der Waals surface area contributed by atoms with Crippen molar-refractivity contribution in [2.24, 2.45) is 5.73 Å². The van der Waals surface area contributed by atoms with Crippen LogP contribution in [0, 0.1) is 20.8 Å². The van der Waals surface area contributed by atoms with Crippen molar-refractivity contribution in [2.45, 2.75) is 46.3 Å². The lowest BCUT2D eigenvalue weighted by molar-refractivity contribution is 0.173. The number of nitrogens with two attached hydrogens (primary N) is 1. The predicted molar refractivity (Wildman–Crippen MR) is 86.6 cm³/mol. The number of hydrogen-bond acceptors (Lipinski definition) is 3. The monoisotopic (exact) mass is 289 g/mol. The van der Waals surface area contributed by atoms with Crippen LogP contribution < -0.4 is 10.5 Å². The minimum atomic E-state index is -0.0702. The molecule has 2 aromatic rings. The lowest BCUT2D eigenvalue weighted by Gasteiger charge is -2.24. The second kappa shape index (κ2) is 6.42. The van der Waals surface area contributed by atoms with E-state index in [2.05, 4.69) is 45.9 Å². The van der Waals surface area contributed by atoms with Gasteiger partial charge in [-0.25, -0.2) is 0 Å². The molecule has 2 rings (SSSR count). The van der Waals surface area contributed by atoms with Crippen LogP contribution in [0.2, 0.25) is 0 Å². The van der Waals surface area contributed by atoms with E-state index in [9.17, 15) is 0 Å². The highest BCUT2D eigenvalue weighted by molar-refractivity contribution is 7.12. The van der Waals surface area contributed by atoms with E-state index in [0.29, 0.717) is 0 Å². The smallest absolute Gasteiger partial charge is 0.148 e. The number of thiophene rings is 1. The summed E-state index contributed by atoms with van der Waals surface area (Å²) in [7, 11) is 0. The van der Waals surface area contributed by atoms with E-state index in [-0.39, 0.29) is 12.1 Å². The molecule has 0 saturated heterocycles. The van der Waals surface area contributed by atoms with Crippen LogP contribution in [0.4, 0.5) is 0 Å². The van der Waals surface area contributed by atoms with Crippen molar-refractivity contribution >= 4 is 11.3 Å². The Bertz CT molecular complexity index is 576. The van der Waals surface area contributed by atoms with Gasteiger partial charge in [0.25, 0.3) is 0 Å². The first-order chi connectivity index (χ1) is 9.52. The highest BCUT2D eigenvalue weighted by Gasteiger charge is 2.22. The Hall–Kier alpha value is -1.32. The van der Waals surface area contributed by atoms with Gasteiger partial charge in [-0.2, -0.15) is 0 Å². The van der Waals surface area contributed by atoms with Gasteiger partial charge in [-0.15, -0.1) is 11.3 Å². The van der Waals surface area contributed by atoms with Gasteiger partial charge in [0.15, 0.2) is 0 Å². The van der Waals surface area contributed by atoms with Gasteiger partial charge in [-0.1, -0.05) is 19.1 Å². The summed E-state index contributed by atoms with van der Waals surface area (Å²) in [6.45, 7) is 8.41. The van der Waals surface area contributed by atoms with Gasteiger partial charge in [0, 0.05) is 15.8 Å². The lowest BCUT2D eigenvalue weighted by Crippen LogP contribution is -2.31.